The van der Waals surface area contributed by atoms with Crippen molar-refractivity contribution in [3.05, 3.63) is 60.2 Å². The third-order valence-electron chi connectivity index (χ3n) is 3.26. The molecule has 0 heterocycles. The topological polar surface area (TPSA) is 43.4 Å². The van der Waals surface area contributed by atoms with Crippen molar-refractivity contribution in [2.45, 2.75) is 20.8 Å². The van der Waals surface area contributed by atoms with Crippen LogP contribution in [0.4, 0.5) is 0 Å². The van der Waals surface area contributed by atoms with Gasteiger partial charge in [0, 0.05) is 5.56 Å². The van der Waals surface area contributed by atoms with E-state index >= 15 is 0 Å². The van der Waals surface area contributed by atoms with E-state index in [4.69, 9.17) is 4.74 Å². The number of hydrogen-bond donors (Lipinski definition) is 0. The fraction of sp³-hybridized carbons (Fsp3) is 0.263. The summed E-state index contributed by atoms with van der Waals surface area (Å²) in [6.45, 7) is 5.05. The summed E-state index contributed by atoms with van der Waals surface area (Å²) >= 11 is 0. The van der Waals surface area contributed by atoms with Crippen LogP contribution in [0.1, 0.15) is 31.1 Å². The Balaban J connectivity index is 2.02. The van der Waals surface area contributed by atoms with Crippen molar-refractivity contribution in [3.63, 3.8) is 0 Å². The molecule has 2 aromatic rings. The van der Waals surface area contributed by atoms with Crippen LogP contribution < -0.4 is 0 Å². The highest BCUT2D eigenvalue weighted by atomic mass is 16.5. The summed E-state index contributed by atoms with van der Waals surface area (Å²) in [5.74, 6) is -0.570. The molecule has 3 heteroatoms. The van der Waals surface area contributed by atoms with Crippen molar-refractivity contribution in [2.75, 3.05) is 6.61 Å². The summed E-state index contributed by atoms with van der Waals surface area (Å²) in [4.78, 5) is 23.7. The van der Waals surface area contributed by atoms with Gasteiger partial charge in [-0.1, -0.05) is 54.6 Å². The first-order chi connectivity index (χ1) is 10.4. The molecule has 0 aliphatic heterocycles. The summed E-state index contributed by atoms with van der Waals surface area (Å²) in [5.41, 5.74) is 2.09. The van der Waals surface area contributed by atoms with Gasteiger partial charge in [0.15, 0.2) is 12.4 Å². The third kappa shape index (κ3) is 4.04. The Morgan fingerprint density at radius 2 is 1.41 bits per heavy atom. The Bertz CT molecular complexity index is 649. The second kappa shape index (κ2) is 6.56. The van der Waals surface area contributed by atoms with Crippen LogP contribution in [-0.4, -0.2) is 18.4 Å². The van der Waals surface area contributed by atoms with Gasteiger partial charge in [0.1, 0.15) is 0 Å². The SMILES string of the molecule is CC(C)(C)C(=O)OCC(=O)c1ccc(-c2ccccc2)cc1. The van der Waals surface area contributed by atoms with Crippen molar-refractivity contribution in [1.29, 1.82) is 0 Å². The molecule has 2 aromatic carbocycles. The van der Waals surface area contributed by atoms with Crippen molar-refractivity contribution < 1.29 is 14.3 Å². The molecular weight excluding hydrogens is 276 g/mol. The molecule has 0 aliphatic rings. The van der Waals surface area contributed by atoms with Gasteiger partial charge >= 0.3 is 5.97 Å². The molecule has 22 heavy (non-hydrogen) atoms. The smallest absolute Gasteiger partial charge is 0.311 e. The minimum atomic E-state index is -0.600. The molecule has 0 aliphatic carbocycles. The second-order valence-corrected chi connectivity index (χ2v) is 6.19. The van der Waals surface area contributed by atoms with Crippen LogP contribution >= 0.6 is 0 Å². The highest BCUT2D eigenvalue weighted by Gasteiger charge is 2.23. The molecule has 0 bridgehead atoms. The summed E-state index contributed by atoms with van der Waals surface area (Å²) in [6.07, 6.45) is 0. The number of rotatable bonds is 4. The van der Waals surface area contributed by atoms with E-state index in [9.17, 15) is 9.59 Å². The van der Waals surface area contributed by atoms with Crippen LogP contribution in [0.3, 0.4) is 0 Å². The normalized spacial score (nSPS) is 11.0. The highest BCUT2D eigenvalue weighted by Crippen LogP contribution is 2.20. The Morgan fingerprint density at radius 1 is 0.864 bits per heavy atom. The lowest BCUT2D eigenvalue weighted by Gasteiger charge is -2.16. The van der Waals surface area contributed by atoms with Gasteiger partial charge in [-0.05, 0) is 31.9 Å². The molecular formula is C19H20O3. The fourth-order valence-corrected chi connectivity index (χ4v) is 1.91. The average molecular weight is 296 g/mol. The predicted octanol–water partition coefficient (Wildman–Crippen LogP) is 4.13. The first-order valence-corrected chi connectivity index (χ1v) is 7.24. The lowest BCUT2D eigenvalue weighted by atomic mass is 9.97. The maximum Gasteiger partial charge on any atom is 0.311 e. The monoisotopic (exact) mass is 296 g/mol. The fourth-order valence-electron chi connectivity index (χ4n) is 1.91. The largest absolute Gasteiger partial charge is 0.457 e. The van der Waals surface area contributed by atoms with E-state index in [2.05, 4.69) is 0 Å². The number of Topliss-reactive ketones (excluding diaryl/α,β-unsaturated/α-hetero) is 1. The number of benzene rings is 2. The molecule has 0 radical (unpaired) electrons. The molecule has 0 atom stereocenters. The van der Waals surface area contributed by atoms with E-state index in [0.29, 0.717) is 5.56 Å². The van der Waals surface area contributed by atoms with Crippen LogP contribution in [-0.2, 0) is 9.53 Å². The van der Waals surface area contributed by atoms with Crippen LogP contribution in [0.15, 0.2) is 54.6 Å². The van der Waals surface area contributed by atoms with Crippen molar-refractivity contribution in [3.8, 4) is 11.1 Å². The minimum absolute atomic E-state index is 0.197. The summed E-state index contributed by atoms with van der Waals surface area (Å²) < 4.78 is 5.05. The molecule has 3 nitrogen and oxygen atoms in total. The average Bonchev–Trinajstić information content (AvgIpc) is 2.52. The second-order valence-electron chi connectivity index (χ2n) is 6.19. The van der Waals surface area contributed by atoms with E-state index in [-0.39, 0.29) is 18.4 Å². The Labute approximate surface area is 130 Å². The first-order valence-electron chi connectivity index (χ1n) is 7.24. The number of hydrogen-bond acceptors (Lipinski definition) is 3. The molecule has 0 aromatic heterocycles. The number of carbonyl (C=O) groups excluding carboxylic acids is 2. The lowest BCUT2D eigenvalue weighted by molar-refractivity contribution is -0.151. The molecule has 0 saturated heterocycles. The molecule has 0 spiro atoms. The van der Waals surface area contributed by atoms with Gasteiger partial charge in [-0.25, -0.2) is 0 Å². The summed E-state index contributed by atoms with van der Waals surface area (Å²) in [6, 6.07) is 17.3. The number of carbonyl (C=O) groups is 2. The molecule has 0 saturated carbocycles. The van der Waals surface area contributed by atoms with Gasteiger partial charge < -0.3 is 4.74 Å². The van der Waals surface area contributed by atoms with Crippen molar-refractivity contribution in [2.24, 2.45) is 5.41 Å². The van der Waals surface area contributed by atoms with Gasteiger partial charge in [0.2, 0.25) is 0 Å². The van der Waals surface area contributed by atoms with E-state index in [1.807, 2.05) is 42.5 Å². The zero-order valence-corrected chi connectivity index (χ0v) is 13.1. The zero-order chi connectivity index (χ0) is 16.2. The van der Waals surface area contributed by atoms with Crippen molar-refractivity contribution >= 4 is 11.8 Å². The number of ketones is 1. The molecule has 0 amide bonds. The Morgan fingerprint density at radius 3 is 1.95 bits per heavy atom. The molecule has 2 rings (SSSR count). The number of esters is 1. The quantitative estimate of drug-likeness (QED) is 0.629. The molecule has 114 valence electrons. The van der Waals surface area contributed by atoms with E-state index < -0.39 is 5.41 Å². The van der Waals surface area contributed by atoms with Crippen LogP contribution in [0.25, 0.3) is 11.1 Å². The number of ether oxygens (including phenoxy) is 1. The van der Waals surface area contributed by atoms with Gasteiger partial charge in [-0.15, -0.1) is 0 Å². The predicted molar refractivity (Wildman–Crippen MR) is 86.6 cm³/mol. The lowest BCUT2D eigenvalue weighted by Crippen LogP contribution is -2.25. The standard InChI is InChI=1S/C19H20O3/c1-19(2,3)18(21)22-13-17(20)16-11-9-15(10-12-16)14-7-5-4-6-8-14/h4-12H,13H2,1-3H3. The Kier molecular flexibility index (Phi) is 4.76. The molecule has 0 fully saturated rings. The van der Waals surface area contributed by atoms with E-state index in [1.165, 1.54) is 0 Å². The zero-order valence-electron chi connectivity index (χ0n) is 13.1. The first kappa shape index (κ1) is 16.0. The minimum Gasteiger partial charge on any atom is -0.457 e. The summed E-state index contributed by atoms with van der Waals surface area (Å²) in [5, 5.41) is 0. The van der Waals surface area contributed by atoms with Crippen molar-refractivity contribution in [1.82, 2.24) is 0 Å². The Hall–Kier alpha value is -2.42. The van der Waals surface area contributed by atoms with Gasteiger partial charge in [-0.2, -0.15) is 0 Å². The third-order valence-corrected chi connectivity index (χ3v) is 3.26. The molecule has 0 N–H and O–H groups in total. The maximum atomic E-state index is 12.0. The summed E-state index contributed by atoms with van der Waals surface area (Å²) in [7, 11) is 0. The molecule has 0 unspecified atom stereocenters. The van der Waals surface area contributed by atoms with Gasteiger partial charge in [0.05, 0.1) is 5.41 Å². The van der Waals surface area contributed by atoms with Gasteiger partial charge in [0.25, 0.3) is 0 Å². The van der Waals surface area contributed by atoms with E-state index in [1.54, 1.807) is 32.9 Å². The van der Waals surface area contributed by atoms with Gasteiger partial charge in [-0.3, -0.25) is 9.59 Å². The van der Waals surface area contributed by atoms with Crippen LogP contribution in [0.2, 0.25) is 0 Å². The van der Waals surface area contributed by atoms with Crippen LogP contribution in [0.5, 0.6) is 0 Å². The maximum absolute atomic E-state index is 12.0. The van der Waals surface area contributed by atoms with Crippen LogP contribution in [0, 0.1) is 5.41 Å². The highest BCUT2D eigenvalue weighted by molar-refractivity contribution is 5.98. The van der Waals surface area contributed by atoms with E-state index in [0.717, 1.165) is 11.1 Å².